The van der Waals surface area contributed by atoms with Crippen molar-refractivity contribution in [3.63, 3.8) is 0 Å². The normalized spacial score (nSPS) is 9.67. The summed E-state index contributed by atoms with van der Waals surface area (Å²) >= 11 is 6.06. The third-order valence-corrected chi connectivity index (χ3v) is 2.57. The number of anilines is 1. The number of aromatic nitrogens is 1. The van der Waals surface area contributed by atoms with Crippen LogP contribution in [0.15, 0.2) is 12.3 Å². The second-order valence-electron chi connectivity index (χ2n) is 3.64. The molecule has 0 fully saturated rings. The van der Waals surface area contributed by atoms with Gasteiger partial charge in [-0.05, 0) is 12.5 Å². The van der Waals surface area contributed by atoms with Crippen LogP contribution >= 0.6 is 11.6 Å². The van der Waals surface area contributed by atoms with Crippen LogP contribution in [0.4, 0.5) is 5.82 Å². The van der Waals surface area contributed by atoms with Crippen LogP contribution in [0.2, 0.25) is 5.02 Å². The molecule has 0 N–H and O–H groups in total. The fourth-order valence-corrected chi connectivity index (χ4v) is 1.76. The Bertz CT molecular complexity index is 471. The quantitative estimate of drug-likeness (QED) is 0.764. The van der Waals surface area contributed by atoms with Gasteiger partial charge >= 0.3 is 5.97 Å². The van der Waals surface area contributed by atoms with E-state index in [9.17, 15) is 4.79 Å². The summed E-state index contributed by atoms with van der Waals surface area (Å²) in [5.41, 5.74) is 0.387. The van der Waals surface area contributed by atoms with Crippen LogP contribution in [0.5, 0.6) is 0 Å². The van der Waals surface area contributed by atoms with Gasteiger partial charge in [-0.3, -0.25) is 4.79 Å². The second kappa shape index (κ2) is 6.82. The summed E-state index contributed by atoms with van der Waals surface area (Å²) in [5.74, 6) is 0.133. The highest BCUT2D eigenvalue weighted by atomic mass is 35.5. The number of hydrogen-bond donors (Lipinski definition) is 0. The van der Waals surface area contributed by atoms with Crippen LogP contribution in [0.1, 0.15) is 18.9 Å². The Morgan fingerprint density at radius 2 is 2.39 bits per heavy atom. The third-order valence-electron chi connectivity index (χ3n) is 2.29. The number of nitriles is 1. The Balaban J connectivity index is 2.98. The monoisotopic (exact) mass is 267 g/mol. The summed E-state index contributed by atoms with van der Waals surface area (Å²) in [5, 5.41) is 9.10. The molecule has 0 amide bonds. The van der Waals surface area contributed by atoms with Gasteiger partial charge in [0.25, 0.3) is 0 Å². The molecular weight excluding hydrogens is 254 g/mol. The molecule has 0 aliphatic rings. The lowest BCUT2D eigenvalue weighted by Crippen LogP contribution is -2.32. The van der Waals surface area contributed by atoms with Gasteiger partial charge in [0.05, 0.1) is 17.7 Å². The summed E-state index contributed by atoms with van der Waals surface area (Å²) in [7, 11) is 1.33. The summed E-state index contributed by atoms with van der Waals surface area (Å²) in [6.07, 6.45) is 2.27. The van der Waals surface area contributed by atoms with Gasteiger partial charge in [0.15, 0.2) is 0 Å². The van der Waals surface area contributed by atoms with E-state index in [0.29, 0.717) is 22.9 Å². The van der Waals surface area contributed by atoms with Crippen LogP contribution in [0.25, 0.3) is 0 Å². The van der Waals surface area contributed by atoms with Crippen LogP contribution < -0.4 is 4.90 Å². The molecule has 0 radical (unpaired) electrons. The van der Waals surface area contributed by atoms with Crippen molar-refractivity contribution in [3.8, 4) is 6.07 Å². The van der Waals surface area contributed by atoms with Gasteiger partial charge in [-0.25, -0.2) is 4.98 Å². The molecule has 1 aromatic rings. The van der Waals surface area contributed by atoms with Crippen molar-refractivity contribution in [3.05, 3.63) is 22.8 Å². The summed E-state index contributed by atoms with van der Waals surface area (Å²) in [4.78, 5) is 17.2. The van der Waals surface area contributed by atoms with Gasteiger partial charge in [-0.1, -0.05) is 18.5 Å². The van der Waals surface area contributed by atoms with Crippen molar-refractivity contribution in [2.45, 2.75) is 13.3 Å². The van der Waals surface area contributed by atoms with Gasteiger partial charge in [-0.2, -0.15) is 5.26 Å². The number of esters is 1. The van der Waals surface area contributed by atoms with E-state index in [2.05, 4.69) is 9.72 Å². The number of rotatable bonds is 5. The number of hydrogen-bond acceptors (Lipinski definition) is 5. The lowest BCUT2D eigenvalue weighted by molar-refractivity contribution is -0.138. The zero-order valence-corrected chi connectivity index (χ0v) is 11.1. The van der Waals surface area contributed by atoms with E-state index in [-0.39, 0.29) is 12.5 Å². The first-order chi connectivity index (χ1) is 8.62. The molecule has 6 heteroatoms. The topological polar surface area (TPSA) is 66.2 Å². The highest BCUT2D eigenvalue weighted by Gasteiger charge is 2.15. The number of methoxy groups -OCH3 is 1. The van der Waals surface area contributed by atoms with Gasteiger partial charge in [0, 0.05) is 12.7 Å². The van der Waals surface area contributed by atoms with E-state index >= 15 is 0 Å². The van der Waals surface area contributed by atoms with Gasteiger partial charge in [-0.15, -0.1) is 0 Å². The highest BCUT2D eigenvalue weighted by molar-refractivity contribution is 6.33. The number of ether oxygens (including phenoxy) is 1. The third kappa shape index (κ3) is 3.60. The van der Waals surface area contributed by atoms with Crippen LogP contribution in [0, 0.1) is 11.3 Å². The van der Waals surface area contributed by atoms with Crippen LogP contribution in [0.3, 0.4) is 0 Å². The highest BCUT2D eigenvalue weighted by Crippen LogP contribution is 2.24. The molecule has 0 spiro atoms. The van der Waals surface area contributed by atoms with E-state index in [0.717, 1.165) is 6.42 Å². The lowest BCUT2D eigenvalue weighted by Gasteiger charge is -2.22. The first-order valence-electron chi connectivity index (χ1n) is 5.49. The maximum atomic E-state index is 11.3. The molecule has 18 heavy (non-hydrogen) atoms. The minimum Gasteiger partial charge on any atom is -0.468 e. The predicted octanol–water partition coefficient (Wildman–Crippen LogP) is 2.00. The number of carbonyl (C=O) groups is 1. The number of pyridine rings is 1. The van der Waals surface area contributed by atoms with Gasteiger partial charge < -0.3 is 9.64 Å². The average molecular weight is 268 g/mol. The van der Waals surface area contributed by atoms with Gasteiger partial charge in [0.2, 0.25) is 0 Å². The van der Waals surface area contributed by atoms with Crippen molar-refractivity contribution in [1.29, 1.82) is 5.26 Å². The minimum absolute atomic E-state index is 0.0863. The first-order valence-corrected chi connectivity index (χ1v) is 5.87. The Morgan fingerprint density at radius 3 is 2.89 bits per heavy atom. The lowest BCUT2D eigenvalue weighted by atomic mass is 10.3. The first kappa shape index (κ1) is 14.3. The van der Waals surface area contributed by atoms with Crippen molar-refractivity contribution >= 4 is 23.4 Å². The van der Waals surface area contributed by atoms with Crippen LogP contribution in [-0.2, 0) is 9.53 Å². The summed E-state index contributed by atoms with van der Waals surface area (Å²) in [6, 6.07) is 3.49. The van der Waals surface area contributed by atoms with Crippen molar-refractivity contribution < 1.29 is 9.53 Å². The van der Waals surface area contributed by atoms with Gasteiger partial charge in [0.1, 0.15) is 18.4 Å². The molecule has 0 aromatic carbocycles. The molecule has 0 bridgehead atoms. The molecule has 0 saturated carbocycles. The smallest absolute Gasteiger partial charge is 0.325 e. The SMILES string of the molecule is CCCN(CC(=O)OC)c1ncc(C#N)cc1Cl. The van der Waals surface area contributed by atoms with Crippen molar-refractivity contribution in [2.75, 3.05) is 25.1 Å². The molecule has 96 valence electrons. The predicted molar refractivity (Wildman–Crippen MR) is 68.5 cm³/mol. The molecule has 0 saturated heterocycles. The maximum Gasteiger partial charge on any atom is 0.325 e. The Morgan fingerprint density at radius 1 is 1.67 bits per heavy atom. The molecule has 0 aliphatic carbocycles. The molecule has 0 atom stereocenters. The fourth-order valence-electron chi connectivity index (χ4n) is 1.47. The number of nitrogens with zero attached hydrogens (tertiary/aromatic N) is 3. The standard InChI is InChI=1S/C12H14ClN3O2/c1-3-4-16(8-11(17)18-2)12-10(13)5-9(6-14)7-15-12/h5,7H,3-4,8H2,1-2H3. The molecule has 5 nitrogen and oxygen atoms in total. The molecule has 0 unspecified atom stereocenters. The van der Waals surface area contributed by atoms with E-state index < -0.39 is 0 Å². The maximum absolute atomic E-state index is 11.3. The zero-order chi connectivity index (χ0) is 13.5. The summed E-state index contributed by atoms with van der Waals surface area (Å²) in [6.45, 7) is 2.71. The van der Waals surface area contributed by atoms with E-state index in [1.54, 1.807) is 4.90 Å². The second-order valence-corrected chi connectivity index (χ2v) is 4.05. The number of carbonyl (C=O) groups excluding carboxylic acids is 1. The Labute approximate surface area is 111 Å². The summed E-state index contributed by atoms with van der Waals surface area (Å²) < 4.78 is 4.63. The molecule has 1 heterocycles. The van der Waals surface area contributed by atoms with E-state index in [4.69, 9.17) is 16.9 Å². The molecular formula is C12H14ClN3O2. The van der Waals surface area contributed by atoms with Crippen LogP contribution in [-0.4, -0.2) is 31.2 Å². The largest absolute Gasteiger partial charge is 0.468 e. The van der Waals surface area contributed by atoms with Crippen molar-refractivity contribution in [1.82, 2.24) is 4.98 Å². The minimum atomic E-state index is -0.356. The van der Waals surface area contributed by atoms with E-state index in [1.807, 2.05) is 13.0 Å². The Hall–Kier alpha value is -1.80. The van der Waals surface area contributed by atoms with E-state index in [1.165, 1.54) is 19.4 Å². The molecule has 0 aliphatic heterocycles. The molecule has 1 rings (SSSR count). The number of halogens is 1. The Kier molecular flexibility index (Phi) is 5.40. The average Bonchev–Trinajstić information content (AvgIpc) is 2.38. The zero-order valence-electron chi connectivity index (χ0n) is 10.3. The van der Waals surface area contributed by atoms with Crippen molar-refractivity contribution in [2.24, 2.45) is 0 Å². The molecule has 1 aromatic heterocycles. The fraction of sp³-hybridized carbons (Fsp3) is 0.417.